The van der Waals surface area contributed by atoms with Crippen molar-refractivity contribution in [1.29, 1.82) is 0 Å². The Balaban J connectivity index is 0.0000116. The van der Waals surface area contributed by atoms with Crippen molar-refractivity contribution < 1.29 is 21.8 Å². The third kappa shape index (κ3) is 17.3. The molecule has 3 atom stereocenters. The summed E-state index contributed by atoms with van der Waals surface area (Å²) in [5.41, 5.74) is 0. The summed E-state index contributed by atoms with van der Waals surface area (Å²) in [5.74, 6) is 0.699. The largest absolute Gasteiger partial charge is 1.00 e. The summed E-state index contributed by atoms with van der Waals surface area (Å²) < 4.78 is 2.50. The van der Waals surface area contributed by atoms with Crippen LogP contribution in [0.1, 0.15) is 150 Å². The molecule has 1 aliphatic rings. The average molecular weight is 514 g/mol. The number of hydrogen-bond donors (Lipinski definition) is 2. The van der Waals surface area contributed by atoms with Gasteiger partial charge in [0.1, 0.15) is 19.1 Å². The number of halogens is 1. The van der Waals surface area contributed by atoms with E-state index < -0.39 is 0 Å². The number of hydrogen-bond acceptors (Lipinski definition) is 2. The van der Waals surface area contributed by atoms with E-state index in [1.165, 1.54) is 109 Å². The summed E-state index contributed by atoms with van der Waals surface area (Å²) in [6.07, 6.45) is 26.7. The highest BCUT2D eigenvalue weighted by Gasteiger charge is 2.30. The monoisotopic (exact) mass is 513 g/mol. The molecule has 0 aromatic rings. The molecule has 0 aliphatic carbocycles. The van der Waals surface area contributed by atoms with Crippen LogP contribution in [0, 0.1) is 5.92 Å². The Kier molecular flexibility index (Phi) is 23.1. The maximum absolute atomic E-state index is 12.6. The number of nitrogens with one attached hydrogen (secondary N) is 2. The van der Waals surface area contributed by atoms with Crippen LogP contribution in [0.2, 0.25) is 0 Å². The summed E-state index contributed by atoms with van der Waals surface area (Å²) in [6, 6.07) is 0.734. The molecule has 1 amide bonds. The molecule has 3 unspecified atom stereocenters. The third-order valence-corrected chi connectivity index (χ3v) is 7.84. The van der Waals surface area contributed by atoms with Crippen LogP contribution in [-0.4, -0.2) is 42.0 Å². The van der Waals surface area contributed by atoms with Gasteiger partial charge in [-0.2, -0.15) is 0 Å². The van der Waals surface area contributed by atoms with Gasteiger partial charge in [-0.15, -0.1) is 0 Å². The molecular weight excluding hydrogens is 454 g/mol. The van der Waals surface area contributed by atoms with Crippen molar-refractivity contribution in [3.63, 3.8) is 0 Å². The second kappa shape index (κ2) is 23.6. The molecule has 0 saturated heterocycles. The summed E-state index contributed by atoms with van der Waals surface area (Å²) in [6.45, 7) is 11.2. The van der Waals surface area contributed by atoms with E-state index >= 15 is 0 Å². The molecule has 0 radical (unpaired) electrons. The van der Waals surface area contributed by atoms with E-state index in [1.54, 1.807) is 0 Å². The van der Waals surface area contributed by atoms with Gasteiger partial charge in [0, 0.05) is 18.4 Å². The number of unbranched alkanes of at least 4 members (excludes halogenated alkanes) is 15. The molecule has 0 fully saturated rings. The summed E-state index contributed by atoms with van der Waals surface area (Å²) in [4.78, 5) is 12.6. The third-order valence-electron chi connectivity index (χ3n) is 7.84. The molecule has 0 aromatic heterocycles. The fourth-order valence-electron chi connectivity index (χ4n) is 5.31. The van der Waals surface area contributed by atoms with Gasteiger partial charge in [0.15, 0.2) is 0 Å². The lowest BCUT2D eigenvalue weighted by Gasteiger charge is -2.29. The predicted molar refractivity (Wildman–Crippen MR) is 149 cm³/mol. The summed E-state index contributed by atoms with van der Waals surface area (Å²) in [5, 5.41) is 6.73. The van der Waals surface area contributed by atoms with Crippen LogP contribution < -0.4 is 23.0 Å². The molecule has 1 rings (SSSR count). The Morgan fingerprint density at radius 1 is 0.800 bits per heavy atom. The first-order valence-corrected chi connectivity index (χ1v) is 15.2. The minimum Gasteiger partial charge on any atom is -1.00 e. The molecular formula is C30H60ClN3O. The van der Waals surface area contributed by atoms with Gasteiger partial charge in [0.05, 0.1) is 0 Å². The lowest BCUT2D eigenvalue weighted by molar-refractivity contribution is -0.563. The summed E-state index contributed by atoms with van der Waals surface area (Å²) in [7, 11) is 0. The second-order valence-electron chi connectivity index (χ2n) is 10.9. The maximum atomic E-state index is 12.6. The smallest absolute Gasteiger partial charge is 0.232 e. The van der Waals surface area contributed by atoms with E-state index in [4.69, 9.17) is 0 Å². The van der Waals surface area contributed by atoms with Gasteiger partial charge < -0.3 is 17.7 Å². The van der Waals surface area contributed by atoms with E-state index in [1.807, 2.05) is 0 Å². The van der Waals surface area contributed by atoms with Crippen molar-refractivity contribution >= 4 is 12.2 Å². The highest BCUT2D eigenvalue weighted by Crippen LogP contribution is 2.20. The van der Waals surface area contributed by atoms with Crippen molar-refractivity contribution in [2.24, 2.45) is 5.92 Å². The Morgan fingerprint density at radius 3 is 1.77 bits per heavy atom. The Hall–Kier alpha value is -0.770. The Morgan fingerprint density at radius 2 is 1.29 bits per heavy atom. The first-order valence-electron chi connectivity index (χ1n) is 15.2. The van der Waals surface area contributed by atoms with Gasteiger partial charge in [-0.1, -0.05) is 117 Å². The second-order valence-corrected chi connectivity index (χ2v) is 10.9. The molecule has 5 heteroatoms. The fraction of sp³-hybridized carbons (Fsp3) is 0.933. The van der Waals surface area contributed by atoms with Gasteiger partial charge in [-0.25, -0.2) is 0 Å². The molecule has 2 N–H and O–H groups in total. The minimum absolute atomic E-state index is 0. The van der Waals surface area contributed by atoms with Crippen molar-refractivity contribution in [3.05, 3.63) is 0 Å². The minimum atomic E-state index is 0. The van der Waals surface area contributed by atoms with E-state index in [9.17, 15) is 4.79 Å². The number of rotatable bonds is 23. The van der Waals surface area contributed by atoms with Gasteiger partial charge in [-0.05, 0) is 26.2 Å². The lowest BCUT2D eigenvalue weighted by Crippen LogP contribution is -3.00. The molecule has 0 aromatic carbocycles. The van der Waals surface area contributed by atoms with Crippen LogP contribution in [0.15, 0.2) is 0 Å². The predicted octanol–water partition coefficient (Wildman–Crippen LogP) is 4.60. The first kappa shape index (κ1) is 34.2. The van der Waals surface area contributed by atoms with E-state index in [0.717, 1.165) is 19.5 Å². The number of nitrogens with zero attached hydrogens (tertiary/aromatic N) is 1. The maximum Gasteiger partial charge on any atom is 0.232 e. The highest BCUT2D eigenvalue weighted by molar-refractivity contribution is 5.76. The van der Waals surface area contributed by atoms with E-state index in [0.29, 0.717) is 18.4 Å². The molecule has 0 bridgehead atoms. The SMILES string of the molecule is CCCCCCCCCCCC(=O)NC(C)C(C)C(CCCCCCCCCC)[N+]1=CNCC1.[Cl-]. The van der Waals surface area contributed by atoms with Gasteiger partial charge in [0.25, 0.3) is 0 Å². The van der Waals surface area contributed by atoms with E-state index in [-0.39, 0.29) is 24.4 Å². The topological polar surface area (TPSA) is 44.1 Å². The van der Waals surface area contributed by atoms with E-state index in [2.05, 4.69) is 49.2 Å². The van der Waals surface area contributed by atoms with Crippen molar-refractivity contribution in [2.45, 2.75) is 162 Å². The van der Waals surface area contributed by atoms with Crippen LogP contribution in [0.25, 0.3) is 0 Å². The average Bonchev–Trinajstić information content (AvgIpc) is 3.36. The summed E-state index contributed by atoms with van der Waals surface area (Å²) >= 11 is 0. The normalized spacial score (nSPS) is 15.6. The standard InChI is InChI=1S/C30H59N3O.ClH/c1-5-7-9-11-13-15-17-19-21-23-30(34)32-28(4)27(3)29(33-25-24-31-26-33)22-20-18-16-14-12-10-8-6-2;/h26-29H,5-25H2,1-4H3,(H,32,34);1H. The molecule has 1 aliphatic heterocycles. The zero-order valence-electron chi connectivity index (χ0n) is 23.9. The fourth-order valence-corrected chi connectivity index (χ4v) is 5.31. The van der Waals surface area contributed by atoms with Crippen molar-refractivity contribution in [2.75, 3.05) is 13.1 Å². The molecule has 0 saturated carbocycles. The van der Waals surface area contributed by atoms with Crippen molar-refractivity contribution in [1.82, 2.24) is 10.6 Å². The molecule has 35 heavy (non-hydrogen) atoms. The number of carbonyl (C=O) groups excluding carboxylic acids is 1. The van der Waals surface area contributed by atoms with Crippen LogP contribution in [0.5, 0.6) is 0 Å². The van der Waals surface area contributed by atoms with Gasteiger partial charge in [0.2, 0.25) is 12.2 Å². The number of carbonyl (C=O) groups is 1. The zero-order valence-corrected chi connectivity index (χ0v) is 24.6. The van der Waals surface area contributed by atoms with Crippen LogP contribution >= 0.6 is 0 Å². The lowest BCUT2D eigenvalue weighted by atomic mass is 9.89. The van der Waals surface area contributed by atoms with Gasteiger partial charge in [-0.3, -0.25) is 14.7 Å². The zero-order chi connectivity index (χ0) is 24.9. The van der Waals surface area contributed by atoms with Crippen LogP contribution in [-0.2, 0) is 4.79 Å². The first-order chi connectivity index (χ1) is 16.6. The van der Waals surface area contributed by atoms with Crippen LogP contribution in [0.3, 0.4) is 0 Å². The number of amides is 1. The highest BCUT2D eigenvalue weighted by atomic mass is 35.5. The molecule has 4 nitrogen and oxygen atoms in total. The molecule has 1 heterocycles. The van der Waals surface area contributed by atoms with Gasteiger partial charge >= 0.3 is 0 Å². The van der Waals surface area contributed by atoms with Crippen LogP contribution in [0.4, 0.5) is 0 Å². The quantitative estimate of drug-likeness (QED) is 0.155. The molecule has 208 valence electrons. The Bertz CT molecular complexity index is 526. The van der Waals surface area contributed by atoms with Crippen molar-refractivity contribution in [3.8, 4) is 0 Å². The Labute approximate surface area is 225 Å². The molecule has 0 spiro atoms.